The number of carbonyl (C=O) groups excluding carboxylic acids is 2. The average Bonchev–Trinajstić information content (AvgIpc) is 2.31. The quantitative estimate of drug-likeness (QED) is 0.488. The molecule has 0 aliphatic heterocycles. The highest BCUT2D eigenvalue weighted by molar-refractivity contribution is 5.69. The maximum absolute atomic E-state index is 11.1. The number of esters is 1. The van der Waals surface area contributed by atoms with Crippen LogP contribution in [0, 0.1) is 0 Å². The molecule has 0 bridgehead atoms. The summed E-state index contributed by atoms with van der Waals surface area (Å²) in [4.78, 5) is 21.9. The second kappa shape index (κ2) is 11.2. The van der Waals surface area contributed by atoms with Gasteiger partial charge in [0.25, 0.3) is 0 Å². The Labute approximate surface area is 101 Å². The van der Waals surface area contributed by atoms with Crippen molar-refractivity contribution in [1.82, 2.24) is 0 Å². The summed E-state index contributed by atoms with van der Waals surface area (Å²) in [5.74, 6) is -0.324. The highest BCUT2D eigenvalue weighted by Gasteiger charge is 2.05. The third-order valence-electron chi connectivity index (χ3n) is 1.82. The lowest BCUT2D eigenvalue weighted by molar-refractivity contribution is -0.144. The first-order valence-corrected chi connectivity index (χ1v) is 5.76. The molecule has 17 heavy (non-hydrogen) atoms. The van der Waals surface area contributed by atoms with Gasteiger partial charge < -0.3 is 19.3 Å². The molecule has 0 saturated heterocycles. The molecule has 0 aliphatic rings. The van der Waals surface area contributed by atoms with Crippen molar-refractivity contribution in [2.45, 2.75) is 32.6 Å². The van der Waals surface area contributed by atoms with Crippen LogP contribution in [0.5, 0.6) is 0 Å². The Bertz CT molecular complexity index is 216. The van der Waals surface area contributed by atoms with Gasteiger partial charge in [-0.1, -0.05) is 0 Å². The third-order valence-corrected chi connectivity index (χ3v) is 1.82. The van der Waals surface area contributed by atoms with Crippen LogP contribution in [0.2, 0.25) is 0 Å². The number of aliphatic hydroxyl groups is 1. The lowest BCUT2D eigenvalue weighted by Gasteiger charge is -2.05. The second-order valence-electron chi connectivity index (χ2n) is 3.29. The number of unbranched alkanes of at least 4 members (excludes halogenated alkanes) is 1. The Hall–Kier alpha value is -1.30. The lowest BCUT2D eigenvalue weighted by atomic mass is 10.3. The minimum absolute atomic E-state index is 0.102. The highest BCUT2D eigenvalue weighted by atomic mass is 16.7. The van der Waals surface area contributed by atoms with Gasteiger partial charge in [-0.15, -0.1) is 0 Å². The van der Waals surface area contributed by atoms with Gasteiger partial charge in [0.2, 0.25) is 0 Å². The first-order chi connectivity index (χ1) is 8.20. The van der Waals surface area contributed by atoms with Crippen molar-refractivity contribution in [3.8, 4) is 0 Å². The molecule has 0 aromatic heterocycles. The van der Waals surface area contributed by atoms with Crippen LogP contribution in [0.15, 0.2) is 0 Å². The predicted octanol–water partition coefficient (Wildman–Crippen LogP) is 1.26. The second-order valence-corrected chi connectivity index (χ2v) is 3.29. The molecule has 0 saturated carbocycles. The molecule has 100 valence electrons. The fourth-order valence-electron chi connectivity index (χ4n) is 1.00. The fraction of sp³-hybridized carbons (Fsp3) is 0.818. The van der Waals surface area contributed by atoms with Crippen molar-refractivity contribution in [2.75, 3.05) is 26.4 Å². The van der Waals surface area contributed by atoms with Gasteiger partial charge in [-0.2, -0.15) is 0 Å². The van der Waals surface area contributed by atoms with Gasteiger partial charge in [-0.05, 0) is 26.2 Å². The van der Waals surface area contributed by atoms with Crippen LogP contribution in [0.1, 0.15) is 32.6 Å². The smallest absolute Gasteiger partial charge is 0.466 e. The van der Waals surface area contributed by atoms with E-state index in [1.54, 1.807) is 6.92 Å². The Kier molecular flexibility index (Phi) is 10.3. The largest absolute Gasteiger partial charge is 0.508 e. The molecule has 0 spiro atoms. The van der Waals surface area contributed by atoms with Crippen molar-refractivity contribution in [2.24, 2.45) is 0 Å². The Balaban J connectivity index is 3.30. The molecule has 0 aliphatic carbocycles. The molecule has 0 radical (unpaired) electrons. The number of aliphatic hydroxyl groups excluding tert-OH is 1. The first-order valence-electron chi connectivity index (χ1n) is 5.76. The van der Waals surface area contributed by atoms with Crippen LogP contribution < -0.4 is 0 Å². The van der Waals surface area contributed by atoms with Gasteiger partial charge in [-0.3, -0.25) is 4.79 Å². The first kappa shape index (κ1) is 15.7. The summed E-state index contributed by atoms with van der Waals surface area (Å²) in [6.07, 6.45) is 1.18. The predicted molar refractivity (Wildman–Crippen MR) is 59.5 cm³/mol. The topological polar surface area (TPSA) is 82.1 Å². The lowest BCUT2D eigenvalue weighted by Crippen LogP contribution is -2.11. The van der Waals surface area contributed by atoms with E-state index in [0.717, 1.165) is 0 Å². The Morgan fingerprint density at radius 2 is 1.71 bits per heavy atom. The Morgan fingerprint density at radius 3 is 2.35 bits per heavy atom. The van der Waals surface area contributed by atoms with Crippen molar-refractivity contribution in [3.05, 3.63) is 0 Å². The van der Waals surface area contributed by atoms with Gasteiger partial charge in [0.1, 0.15) is 0 Å². The molecular weight excluding hydrogens is 228 g/mol. The van der Waals surface area contributed by atoms with E-state index in [9.17, 15) is 9.59 Å². The summed E-state index contributed by atoms with van der Waals surface area (Å²) in [5, 5.41) is 8.50. The molecule has 1 N–H and O–H groups in total. The van der Waals surface area contributed by atoms with Crippen molar-refractivity contribution in [3.63, 3.8) is 0 Å². The van der Waals surface area contributed by atoms with E-state index in [2.05, 4.69) is 9.47 Å². The molecular formula is C11H20O6. The third kappa shape index (κ3) is 11.0. The van der Waals surface area contributed by atoms with E-state index in [1.165, 1.54) is 0 Å². The van der Waals surface area contributed by atoms with Crippen LogP contribution in [0.3, 0.4) is 0 Å². The van der Waals surface area contributed by atoms with Gasteiger partial charge >= 0.3 is 12.1 Å². The molecule has 0 aromatic carbocycles. The van der Waals surface area contributed by atoms with Gasteiger partial charge in [-0.25, -0.2) is 4.79 Å². The summed E-state index contributed by atoms with van der Waals surface area (Å²) in [7, 11) is 0. The van der Waals surface area contributed by atoms with Gasteiger partial charge in [0.15, 0.2) is 0 Å². The van der Waals surface area contributed by atoms with E-state index in [0.29, 0.717) is 25.9 Å². The maximum Gasteiger partial charge on any atom is 0.508 e. The van der Waals surface area contributed by atoms with Crippen molar-refractivity contribution in [1.29, 1.82) is 0 Å². The van der Waals surface area contributed by atoms with Crippen LogP contribution in [-0.4, -0.2) is 43.7 Å². The number of hydrogen-bond acceptors (Lipinski definition) is 6. The number of carbonyl (C=O) groups is 2. The van der Waals surface area contributed by atoms with Crippen molar-refractivity contribution >= 4 is 12.1 Å². The molecule has 0 atom stereocenters. The molecule has 0 unspecified atom stereocenters. The van der Waals surface area contributed by atoms with E-state index in [-0.39, 0.29) is 32.2 Å². The molecule has 6 nitrogen and oxygen atoms in total. The van der Waals surface area contributed by atoms with Gasteiger partial charge in [0, 0.05) is 13.0 Å². The summed E-state index contributed by atoms with van der Waals surface area (Å²) in [5.41, 5.74) is 0. The zero-order valence-corrected chi connectivity index (χ0v) is 10.1. The standard InChI is InChI=1S/C11H20O6/c1-2-15-11(14)17-9-5-6-10(13)16-8-4-3-7-12/h12H,2-9H2,1H3. The maximum atomic E-state index is 11.1. The van der Waals surface area contributed by atoms with Crippen LogP contribution in [0.4, 0.5) is 4.79 Å². The minimum Gasteiger partial charge on any atom is -0.466 e. The fourth-order valence-corrected chi connectivity index (χ4v) is 1.00. The summed E-state index contributed by atoms with van der Waals surface area (Å²) >= 11 is 0. The molecule has 6 heteroatoms. The highest BCUT2D eigenvalue weighted by Crippen LogP contribution is 1.97. The summed E-state index contributed by atoms with van der Waals surface area (Å²) < 4.78 is 14.1. The van der Waals surface area contributed by atoms with E-state index < -0.39 is 6.16 Å². The molecule has 0 heterocycles. The van der Waals surface area contributed by atoms with E-state index >= 15 is 0 Å². The number of hydrogen-bond donors (Lipinski definition) is 1. The van der Waals surface area contributed by atoms with Crippen molar-refractivity contribution < 1.29 is 28.9 Å². The molecule has 0 aromatic rings. The van der Waals surface area contributed by atoms with Crippen LogP contribution in [-0.2, 0) is 19.0 Å². The van der Waals surface area contributed by atoms with Crippen LogP contribution in [0.25, 0.3) is 0 Å². The van der Waals surface area contributed by atoms with E-state index in [4.69, 9.17) is 9.84 Å². The SMILES string of the molecule is CCOC(=O)OCCCC(=O)OCCCCO. The molecule has 0 fully saturated rings. The molecule has 0 rings (SSSR count). The Morgan fingerprint density at radius 1 is 1.00 bits per heavy atom. The number of rotatable bonds is 9. The number of ether oxygens (including phenoxy) is 3. The monoisotopic (exact) mass is 248 g/mol. The zero-order chi connectivity index (χ0) is 12.9. The summed E-state index contributed by atoms with van der Waals surface area (Å²) in [6, 6.07) is 0. The average molecular weight is 248 g/mol. The van der Waals surface area contributed by atoms with Gasteiger partial charge in [0.05, 0.1) is 19.8 Å². The van der Waals surface area contributed by atoms with E-state index in [1.807, 2.05) is 0 Å². The zero-order valence-electron chi connectivity index (χ0n) is 10.1. The minimum atomic E-state index is -0.719. The normalized spacial score (nSPS) is 9.76. The summed E-state index contributed by atoms with van der Waals surface area (Å²) in [6.45, 7) is 2.52. The van der Waals surface area contributed by atoms with Crippen LogP contribution >= 0.6 is 0 Å². The molecule has 0 amide bonds.